The number of carbonyl (C=O) groups excluding carboxylic acids is 1. The van der Waals surface area contributed by atoms with Crippen LogP contribution in [0.5, 0.6) is 0 Å². The second-order valence-corrected chi connectivity index (χ2v) is 6.80. The highest BCUT2D eigenvalue weighted by Crippen LogP contribution is 2.27. The molecule has 2 N–H and O–H groups in total. The average molecular weight is 337 g/mol. The topological polar surface area (TPSA) is 62.3 Å². The number of aromatic nitrogens is 1. The van der Waals surface area contributed by atoms with Crippen molar-refractivity contribution in [1.29, 1.82) is 5.26 Å². The van der Waals surface area contributed by atoms with Crippen LogP contribution in [0.25, 0.3) is 0 Å². The third-order valence-corrected chi connectivity index (χ3v) is 5.10. The molecule has 0 radical (unpaired) electrons. The van der Waals surface area contributed by atoms with Gasteiger partial charge in [0.25, 0.3) is 5.91 Å². The van der Waals surface area contributed by atoms with Crippen LogP contribution in [0.15, 0.2) is 30.3 Å². The first-order valence-electron chi connectivity index (χ1n) is 8.87. The Morgan fingerprint density at radius 2 is 1.92 bits per heavy atom. The van der Waals surface area contributed by atoms with E-state index >= 15 is 0 Å². The molecule has 5 nitrogen and oxygen atoms in total. The highest BCUT2D eigenvalue weighted by atomic mass is 16.2. The third-order valence-electron chi connectivity index (χ3n) is 5.10. The average Bonchev–Trinajstić information content (AvgIpc) is 3.19. The van der Waals surface area contributed by atoms with Gasteiger partial charge in [0.1, 0.15) is 11.9 Å². The number of nitriles is 1. The van der Waals surface area contributed by atoms with E-state index in [4.69, 9.17) is 0 Å². The highest BCUT2D eigenvalue weighted by molar-refractivity contribution is 5.92. The number of hydrogen-bond donors (Lipinski definition) is 2. The van der Waals surface area contributed by atoms with Crippen LogP contribution in [-0.4, -0.2) is 30.1 Å². The Labute approximate surface area is 148 Å². The summed E-state index contributed by atoms with van der Waals surface area (Å²) < 4.78 is 2.04. The lowest BCUT2D eigenvalue weighted by Gasteiger charge is -2.15. The van der Waals surface area contributed by atoms with E-state index in [1.54, 1.807) is 0 Å². The fourth-order valence-electron chi connectivity index (χ4n) is 3.55. The Kier molecular flexibility index (Phi) is 5.20. The summed E-state index contributed by atoms with van der Waals surface area (Å²) in [6, 6.07) is 12.4. The maximum atomic E-state index is 12.5. The largest absolute Gasteiger partial charge is 0.327 e. The molecule has 1 aliphatic rings. The Balaban J connectivity index is 1.86. The van der Waals surface area contributed by atoms with Crippen molar-refractivity contribution in [3.05, 3.63) is 52.7 Å². The number of anilines is 1. The third kappa shape index (κ3) is 3.75. The van der Waals surface area contributed by atoms with Crippen LogP contribution in [-0.2, 0) is 11.3 Å². The van der Waals surface area contributed by atoms with Gasteiger partial charge in [-0.05, 0) is 25.0 Å². The first kappa shape index (κ1) is 17.2. The molecule has 0 spiro atoms. The zero-order valence-electron chi connectivity index (χ0n) is 14.9. The van der Waals surface area contributed by atoms with E-state index in [1.165, 1.54) is 17.7 Å². The molecular formula is C20H25N4O+. The van der Waals surface area contributed by atoms with Gasteiger partial charge >= 0.3 is 0 Å². The molecule has 5 heteroatoms. The van der Waals surface area contributed by atoms with Crippen molar-refractivity contribution < 1.29 is 9.69 Å². The number of nitrogens with zero attached hydrogens (tertiary/aromatic N) is 2. The number of quaternary nitrogens is 1. The van der Waals surface area contributed by atoms with E-state index in [1.807, 2.05) is 36.6 Å². The number of hydrogen-bond acceptors (Lipinski definition) is 2. The van der Waals surface area contributed by atoms with Gasteiger partial charge in [-0.15, -0.1) is 0 Å². The zero-order valence-corrected chi connectivity index (χ0v) is 14.9. The molecule has 0 bridgehead atoms. The van der Waals surface area contributed by atoms with E-state index in [0.717, 1.165) is 29.9 Å². The Bertz CT molecular complexity index is 795. The van der Waals surface area contributed by atoms with Crippen molar-refractivity contribution in [3.63, 3.8) is 0 Å². The van der Waals surface area contributed by atoms with E-state index in [9.17, 15) is 10.1 Å². The fraction of sp³-hybridized carbons (Fsp3) is 0.400. The first-order chi connectivity index (χ1) is 12.1. The van der Waals surface area contributed by atoms with Gasteiger partial charge in [0.2, 0.25) is 0 Å². The minimum Gasteiger partial charge on any atom is -0.327 e. The molecule has 0 saturated carbocycles. The monoisotopic (exact) mass is 337 g/mol. The van der Waals surface area contributed by atoms with Gasteiger partial charge < -0.3 is 14.8 Å². The number of carbonyl (C=O) groups is 1. The second-order valence-electron chi connectivity index (χ2n) is 6.80. The van der Waals surface area contributed by atoms with Crippen LogP contribution in [0.2, 0.25) is 0 Å². The quantitative estimate of drug-likeness (QED) is 0.871. The van der Waals surface area contributed by atoms with Gasteiger partial charge in [-0.25, -0.2) is 0 Å². The predicted molar refractivity (Wildman–Crippen MR) is 97.6 cm³/mol. The van der Waals surface area contributed by atoms with Crippen molar-refractivity contribution in [2.75, 3.05) is 25.0 Å². The van der Waals surface area contributed by atoms with E-state index in [-0.39, 0.29) is 5.91 Å². The summed E-state index contributed by atoms with van der Waals surface area (Å²) in [5.41, 5.74) is 3.66. The van der Waals surface area contributed by atoms with Crippen molar-refractivity contribution in [2.24, 2.45) is 0 Å². The number of nitrogens with one attached hydrogen (secondary N) is 2. The summed E-state index contributed by atoms with van der Waals surface area (Å²) >= 11 is 0. The summed E-state index contributed by atoms with van der Waals surface area (Å²) in [5.74, 6) is 0.616. The maximum Gasteiger partial charge on any atom is 0.280 e. The molecule has 3 rings (SSSR count). The predicted octanol–water partition coefficient (Wildman–Crippen LogP) is 1.64. The molecule has 130 valence electrons. The minimum absolute atomic E-state index is 0.0137. The van der Waals surface area contributed by atoms with E-state index in [0.29, 0.717) is 24.5 Å². The van der Waals surface area contributed by atoms with Crippen molar-refractivity contribution in [2.45, 2.75) is 33.2 Å². The molecule has 2 heterocycles. The number of rotatable bonds is 5. The fourth-order valence-corrected chi connectivity index (χ4v) is 3.55. The molecule has 0 atom stereocenters. The van der Waals surface area contributed by atoms with Crippen molar-refractivity contribution in [3.8, 4) is 6.07 Å². The SMILES string of the molecule is Cc1c(C#N)c(NC(=O)C[NH+]2CCCC2)n(Cc2ccccc2)c1C. The van der Waals surface area contributed by atoms with E-state index in [2.05, 4.69) is 23.5 Å². The minimum atomic E-state index is -0.0137. The van der Waals surface area contributed by atoms with Crippen LogP contribution < -0.4 is 10.2 Å². The molecular weight excluding hydrogens is 312 g/mol. The van der Waals surface area contributed by atoms with E-state index < -0.39 is 0 Å². The Morgan fingerprint density at radius 3 is 2.56 bits per heavy atom. The molecule has 1 aliphatic heterocycles. The molecule has 1 amide bonds. The molecule has 1 fully saturated rings. The van der Waals surface area contributed by atoms with Gasteiger partial charge in [-0.2, -0.15) is 5.26 Å². The zero-order chi connectivity index (χ0) is 17.8. The summed E-state index contributed by atoms with van der Waals surface area (Å²) in [6.07, 6.45) is 2.38. The van der Waals surface area contributed by atoms with Crippen molar-refractivity contribution >= 4 is 11.7 Å². The summed E-state index contributed by atoms with van der Waals surface area (Å²) in [7, 11) is 0. The summed E-state index contributed by atoms with van der Waals surface area (Å²) in [4.78, 5) is 13.8. The molecule has 0 aliphatic carbocycles. The standard InChI is InChI=1S/C20H24N4O/c1-15-16(2)24(13-17-8-4-3-5-9-17)20(18(15)12-21)22-19(25)14-23-10-6-7-11-23/h3-5,8-9H,6-7,10-11,13-14H2,1-2H3,(H,22,25)/p+1. The number of amides is 1. The summed E-state index contributed by atoms with van der Waals surface area (Å²) in [5, 5.41) is 12.6. The smallest absolute Gasteiger partial charge is 0.280 e. The summed E-state index contributed by atoms with van der Waals surface area (Å²) in [6.45, 7) is 7.17. The molecule has 25 heavy (non-hydrogen) atoms. The molecule has 1 aromatic carbocycles. The normalized spacial score (nSPS) is 14.4. The molecule has 1 aromatic heterocycles. The molecule has 1 saturated heterocycles. The Morgan fingerprint density at radius 1 is 1.24 bits per heavy atom. The van der Waals surface area contributed by atoms with Gasteiger partial charge in [0.15, 0.2) is 6.54 Å². The Hall–Kier alpha value is -2.58. The van der Waals surface area contributed by atoms with Crippen LogP contribution >= 0.6 is 0 Å². The van der Waals surface area contributed by atoms with Gasteiger partial charge in [0, 0.05) is 25.1 Å². The number of likely N-dealkylation sites (tertiary alicyclic amines) is 1. The van der Waals surface area contributed by atoms with Gasteiger partial charge in [-0.1, -0.05) is 30.3 Å². The maximum absolute atomic E-state index is 12.5. The second kappa shape index (κ2) is 7.54. The highest BCUT2D eigenvalue weighted by Gasteiger charge is 2.23. The lowest BCUT2D eigenvalue weighted by Crippen LogP contribution is -3.11. The number of benzene rings is 1. The lowest BCUT2D eigenvalue weighted by atomic mass is 10.2. The molecule has 0 unspecified atom stereocenters. The van der Waals surface area contributed by atoms with Crippen LogP contribution in [0.4, 0.5) is 5.82 Å². The van der Waals surface area contributed by atoms with Crippen LogP contribution in [0.1, 0.15) is 35.2 Å². The van der Waals surface area contributed by atoms with Crippen molar-refractivity contribution in [1.82, 2.24) is 4.57 Å². The lowest BCUT2D eigenvalue weighted by molar-refractivity contribution is -0.878. The van der Waals surface area contributed by atoms with Gasteiger partial charge in [-0.3, -0.25) is 4.79 Å². The first-order valence-corrected chi connectivity index (χ1v) is 8.87. The van der Waals surface area contributed by atoms with Crippen LogP contribution in [0.3, 0.4) is 0 Å². The van der Waals surface area contributed by atoms with Gasteiger partial charge in [0.05, 0.1) is 18.7 Å². The van der Waals surface area contributed by atoms with Crippen LogP contribution in [0, 0.1) is 25.2 Å². The molecule has 2 aromatic rings.